The van der Waals surface area contributed by atoms with E-state index in [1.165, 1.54) is 46.8 Å². The average molecular weight is 521 g/mol. The maximum atomic E-state index is 13.3. The van der Waals surface area contributed by atoms with Gasteiger partial charge in [0.1, 0.15) is 17.3 Å². The Hall–Kier alpha value is -3.18. The minimum Gasteiger partial charge on any atom is -0.482 e. The Bertz CT molecular complexity index is 1300. The number of rotatable bonds is 8. The van der Waals surface area contributed by atoms with Gasteiger partial charge in [-0.2, -0.15) is 4.31 Å². The molecule has 1 amide bonds. The molecule has 0 unspecified atom stereocenters. The third-order valence-corrected chi connectivity index (χ3v) is 7.28. The third-order valence-electron chi connectivity index (χ3n) is 5.07. The van der Waals surface area contributed by atoms with Crippen molar-refractivity contribution in [1.29, 1.82) is 0 Å². The molecule has 0 bridgehead atoms. The number of benzene rings is 3. The number of halogens is 2. The number of hydrogen-bond acceptors (Lipinski definition) is 6. The Morgan fingerprint density at radius 3 is 2.46 bits per heavy atom. The number of carbonyl (C=O) groups excluding carboxylic acids is 1. The van der Waals surface area contributed by atoms with E-state index < -0.39 is 21.7 Å². The van der Waals surface area contributed by atoms with Crippen molar-refractivity contribution in [3.63, 3.8) is 0 Å². The predicted molar refractivity (Wildman–Crippen MR) is 128 cm³/mol. The second-order valence-corrected chi connectivity index (χ2v) is 9.84. The van der Waals surface area contributed by atoms with Crippen molar-refractivity contribution in [3.8, 4) is 17.2 Å². The molecule has 11 heteroatoms. The molecule has 1 fully saturated rings. The van der Waals surface area contributed by atoms with Gasteiger partial charge in [-0.3, -0.25) is 4.79 Å². The van der Waals surface area contributed by atoms with Crippen molar-refractivity contribution >= 4 is 33.2 Å². The van der Waals surface area contributed by atoms with E-state index in [9.17, 15) is 17.6 Å². The molecule has 4 rings (SSSR count). The summed E-state index contributed by atoms with van der Waals surface area (Å²) in [6, 6.07) is 16.1. The number of nitrogens with one attached hydrogen (secondary N) is 1. The van der Waals surface area contributed by atoms with Crippen LogP contribution in [-0.4, -0.2) is 51.5 Å². The fraction of sp³-hybridized carbons (Fsp3) is 0.208. The first kappa shape index (κ1) is 24.9. The van der Waals surface area contributed by atoms with Crippen LogP contribution in [0.4, 0.5) is 10.1 Å². The van der Waals surface area contributed by atoms with E-state index in [-0.39, 0.29) is 36.0 Å². The Morgan fingerprint density at radius 2 is 1.74 bits per heavy atom. The molecule has 0 radical (unpaired) electrons. The van der Waals surface area contributed by atoms with Gasteiger partial charge in [0.15, 0.2) is 12.4 Å². The van der Waals surface area contributed by atoms with Crippen LogP contribution in [0.5, 0.6) is 17.2 Å². The van der Waals surface area contributed by atoms with Crippen molar-refractivity contribution in [1.82, 2.24) is 4.31 Å². The Morgan fingerprint density at radius 1 is 1.03 bits per heavy atom. The van der Waals surface area contributed by atoms with Crippen molar-refractivity contribution in [2.45, 2.75) is 4.90 Å². The van der Waals surface area contributed by atoms with Gasteiger partial charge in [0.05, 0.1) is 28.8 Å². The third kappa shape index (κ3) is 6.29. The molecule has 0 spiro atoms. The van der Waals surface area contributed by atoms with Crippen molar-refractivity contribution < 1.29 is 31.8 Å². The summed E-state index contributed by atoms with van der Waals surface area (Å²) in [5.41, 5.74) is 0.108. The molecule has 1 heterocycles. The molecule has 184 valence electrons. The number of nitrogens with zero attached hydrogens (tertiary/aromatic N) is 1. The fourth-order valence-corrected chi connectivity index (χ4v) is 4.94. The van der Waals surface area contributed by atoms with Gasteiger partial charge in [-0.1, -0.05) is 23.7 Å². The lowest BCUT2D eigenvalue weighted by Crippen LogP contribution is -2.40. The molecule has 1 saturated heterocycles. The number of anilines is 1. The molecule has 3 aromatic rings. The van der Waals surface area contributed by atoms with Gasteiger partial charge in [0.25, 0.3) is 5.91 Å². The minimum absolute atomic E-state index is 0.0202. The second-order valence-electron chi connectivity index (χ2n) is 7.50. The monoisotopic (exact) mass is 520 g/mol. The molecule has 1 aliphatic rings. The van der Waals surface area contributed by atoms with Crippen LogP contribution < -0.4 is 14.8 Å². The van der Waals surface area contributed by atoms with E-state index in [1.54, 1.807) is 24.3 Å². The van der Waals surface area contributed by atoms with Crippen LogP contribution >= 0.6 is 11.6 Å². The summed E-state index contributed by atoms with van der Waals surface area (Å²) in [4.78, 5) is 12.6. The molecule has 1 N–H and O–H groups in total. The highest BCUT2D eigenvalue weighted by Crippen LogP contribution is 2.33. The normalized spacial score (nSPS) is 14.3. The first-order valence-electron chi connectivity index (χ1n) is 10.7. The Kier molecular flexibility index (Phi) is 7.86. The maximum absolute atomic E-state index is 13.3. The molecule has 0 aromatic heterocycles. The van der Waals surface area contributed by atoms with Crippen molar-refractivity contribution in [3.05, 3.63) is 77.6 Å². The van der Waals surface area contributed by atoms with Crippen molar-refractivity contribution in [2.24, 2.45) is 0 Å². The van der Waals surface area contributed by atoms with Gasteiger partial charge >= 0.3 is 0 Å². The van der Waals surface area contributed by atoms with Gasteiger partial charge in [-0.25, -0.2) is 12.8 Å². The number of ether oxygens (including phenoxy) is 3. The molecule has 8 nitrogen and oxygen atoms in total. The second kappa shape index (κ2) is 11.0. The molecule has 0 aliphatic carbocycles. The summed E-state index contributed by atoms with van der Waals surface area (Å²) in [6.45, 7) is 0.676. The van der Waals surface area contributed by atoms with Crippen LogP contribution in [0.1, 0.15) is 0 Å². The molecular formula is C24H22ClFN2O6S. The summed E-state index contributed by atoms with van der Waals surface area (Å²) in [5, 5.41) is 2.98. The highest BCUT2D eigenvalue weighted by atomic mass is 35.5. The lowest BCUT2D eigenvalue weighted by molar-refractivity contribution is -0.118. The summed E-state index contributed by atoms with van der Waals surface area (Å²) in [7, 11) is -3.83. The first-order valence-corrected chi connectivity index (χ1v) is 12.5. The van der Waals surface area contributed by atoms with Gasteiger partial charge in [-0.15, -0.1) is 0 Å². The molecule has 1 aliphatic heterocycles. The highest BCUT2D eigenvalue weighted by Gasteiger charge is 2.27. The van der Waals surface area contributed by atoms with E-state index in [1.807, 2.05) is 0 Å². The summed E-state index contributed by atoms with van der Waals surface area (Å²) >= 11 is 6.06. The van der Waals surface area contributed by atoms with Gasteiger partial charge in [0, 0.05) is 13.1 Å². The largest absolute Gasteiger partial charge is 0.482 e. The molecule has 3 aromatic carbocycles. The summed E-state index contributed by atoms with van der Waals surface area (Å²) < 4.78 is 57.3. The molecular weight excluding hydrogens is 499 g/mol. The number of para-hydroxylation sites is 1. The van der Waals surface area contributed by atoms with E-state index in [0.717, 1.165) is 0 Å². The number of hydrogen-bond donors (Lipinski definition) is 1. The van der Waals surface area contributed by atoms with Crippen molar-refractivity contribution in [2.75, 3.05) is 38.2 Å². The SMILES string of the molecule is O=C(COc1ccccc1Cl)Nc1cc(S(=O)(=O)N2CCOCC2)ccc1Oc1ccc(F)cc1. The molecule has 0 atom stereocenters. The zero-order chi connectivity index (χ0) is 24.8. The van der Waals surface area contributed by atoms with Gasteiger partial charge in [0.2, 0.25) is 10.0 Å². The van der Waals surface area contributed by atoms with Crippen LogP contribution in [0.3, 0.4) is 0 Å². The Labute approximate surface area is 207 Å². The molecule has 0 saturated carbocycles. The van der Waals surface area contributed by atoms with E-state index in [4.69, 9.17) is 25.8 Å². The Balaban J connectivity index is 1.59. The quantitative estimate of drug-likeness (QED) is 0.475. The van der Waals surface area contributed by atoms with Crippen LogP contribution in [0, 0.1) is 5.82 Å². The minimum atomic E-state index is -3.83. The lowest BCUT2D eigenvalue weighted by atomic mass is 10.2. The number of morpholine rings is 1. The molecule has 35 heavy (non-hydrogen) atoms. The summed E-state index contributed by atoms with van der Waals surface area (Å²) in [5.74, 6) is -0.193. The first-order chi connectivity index (χ1) is 16.8. The topological polar surface area (TPSA) is 94.2 Å². The van der Waals surface area contributed by atoms with Crippen LogP contribution in [0.2, 0.25) is 5.02 Å². The number of sulfonamides is 1. The highest BCUT2D eigenvalue weighted by molar-refractivity contribution is 7.89. The zero-order valence-electron chi connectivity index (χ0n) is 18.4. The fourth-order valence-electron chi connectivity index (χ4n) is 3.31. The van der Waals surface area contributed by atoms with Gasteiger partial charge < -0.3 is 19.5 Å². The predicted octanol–water partition coefficient (Wildman–Crippen LogP) is 4.31. The van der Waals surface area contributed by atoms with E-state index in [2.05, 4.69) is 5.32 Å². The average Bonchev–Trinajstić information content (AvgIpc) is 2.86. The smallest absolute Gasteiger partial charge is 0.262 e. The lowest BCUT2D eigenvalue weighted by Gasteiger charge is -2.26. The summed E-state index contributed by atoms with van der Waals surface area (Å²) in [6.07, 6.45) is 0. The number of amides is 1. The standard InChI is InChI=1S/C24H22ClFN2O6S/c25-20-3-1-2-4-22(20)33-16-24(29)27-21-15-19(35(30,31)28-11-13-32-14-12-28)9-10-23(21)34-18-7-5-17(26)6-8-18/h1-10,15H,11-14,16H2,(H,27,29). The van der Waals surface area contributed by atoms with E-state index >= 15 is 0 Å². The van der Waals surface area contributed by atoms with Crippen LogP contribution in [-0.2, 0) is 19.6 Å². The van der Waals surface area contributed by atoms with Crippen LogP contribution in [0.15, 0.2) is 71.6 Å². The van der Waals surface area contributed by atoms with Crippen LogP contribution in [0.25, 0.3) is 0 Å². The number of carbonyl (C=O) groups is 1. The maximum Gasteiger partial charge on any atom is 0.262 e. The van der Waals surface area contributed by atoms with E-state index in [0.29, 0.717) is 29.7 Å². The van der Waals surface area contributed by atoms with Gasteiger partial charge in [-0.05, 0) is 54.6 Å². The zero-order valence-corrected chi connectivity index (χ0v) is 20.0.